The molecule has 0 spiro atoms. The predicted octanol–water partition coefficient (Wildman–Crippen LogP) is 11.4. The van der Waals surface area contributed by atoms with E-state index in [2.05, 4.69) is 57.4 Å². The van der Waals surface area contributed by atoms with E-state index in [1.807, 2.05) is 105 Å². The highest BCUT2D eigenvalue weighted by atomic mass is 19.1. The fourth-order valence-electron chi connectivity index (χ4n) is 11.7. The highest BCUT2D eigenvalue weighted by Gasteiger charge is 2.19. The monoisotopic (exact) mass is 1360 g/mol. The van der Waals surface area contributed by atoms with Crippen LogP contribution in [-0.4, -0.2) is 159 Å². The number of aromatic nitrogens is 3. The van der Waals surface area contributed by atoms with Crippen molar-refractivity contribution in [3.05, 3.63) is 251 Å². The number of likely N-dealkylation sites (N-methyl/N-ethyl adjacent to an activating group) is 1. The van der Waals surface area contributed by atoms with Gasteiger partial charge in [-0.2, -0.15) is 0 Å². The van der Waals surface area contributed by atoms with Crippen molar-refractivity contribution in [2.24, 2.45) is 0 Å². The number of pyridine rings is 3. The van der Waals surface area contributed by atoms with Gasteiger partial charge >= 0.3 is 0 Å². The van der Waals surface area contributed by atoms with Crippen molar-refractivity contribution in [3.63, 3.8) is 0 Å². The molecule has 0 saturated carbocycles. The number of ether oxygens (including phenoxy) is 4. The van der Waals surface area contributed by atoms with E-state index in [4.69, 9.17) is 18.9 Å². The quantitative estimate of drug-likeness (QED) is 0.0493. The number of nitrogens with one attached hydrogen (secondary N) is 3. The zero-order chi connectivity index (χ0) is 69.8. The van der Waals surface area contributed by atoms with Crippen LogP contribution in [-0.2, 0) is 62.8 Å². The number of hydrogen-bond donors (Lipinski definition) is 3. The smallest absolute Gasteiger partial charge is 0.226 e. The van der Waals surface area contributed by atoms with E-state index in [1.165, 1.54) is 12.1 Å². The Balaban J connectivity index is 0.000000162. The minimum atomic E-state index is -0.367. The minimum absolute atomic E-state index is 0.0946. The number of carbonyl (C=O) groups excluding carboxylic acids is 3. The van der Waals surface area contributed by atoms with Crippen LogP contribution in [0.1, 0.15) is 51.8 Å². The van der Waals surface area contributed by atoms with Crippen molar-refractivity contribution in [2.45, 2.75) is 59.7 Å². The van der Waals surface area contributed by atoms with Gasteiger partial charge in [0.25, 0.3) is 0 Å². The predicted molar refractivity (Wildman–Crippen MR) is 384 cm³/mol. The van der Waals surface area contributed by atoms with E-state index in [0.717, 1.165) is 119 Å². The number of hydrogen-bond acceptors (Lipinski definition) is 14. The van der Waals surface area contributed by atoms with E-state index in [-0.39, 0.29) is 54.4 Å². The van der Waals surface area contributed by atoms with Crippen LogP contribution in [0.4, 0.5) is 18.9 Å². The average molecular weight is 1360 g/mol. The summed E-state index contributed by atoms with van der Waals surface area (Å²) >= 11 is 0. The zero-order valence-corrected chi connectivity index (χ0v) is 57.3. The third-order valence-corrected chi connectivity index (χ3v) is 17.5. The molecule has 3 N–H and O–H groups in total. The highest BCUT2D eigenvalue weighted by Crippen LogP contribution is 2.30. The van der Waals surface area contributed by atoms with Crippen molar-refractivity contribution in [2.75, 3.05) is 117 Å². The lowest BCUT2D eigenvalue weighted by Crippen LogP contribution is -2.47. The normalized spacial score (nSPS) is 14.2. The van der Waals surface area contributed by atoms with Crippen molar-refractivity contribution >= 4 is 23.4 Å². The summed E-state index contributed by atoms with van der Waals surface area (Å²) in [6, 6.07) is 51.6. The Morgan fingerprint density at radius 1 is 0.430 bits per heavy atom. The number of amides is 3. The van der Waals surface area contributed by atoms with Crippen molar-refractivity contribution in [3.8, 4) is 44.9 Å². The third kappa shape index (κ3) is 23.1. The number of carbonyl (C=O) groups is 3. The molecule has 12 rings (SSSR count). The van der Waals surface area contributed by atoms with Gasteiger partial charge in [-0.15, -0.1) is 0 Å². The maximum Gasteiger partial charge on any atom is 0.226 e. The van der Waals surface area contributed by atoms with Crippen LogP contribution in [0.25, 0.3) is 33.4 Å². The molecule has 3 aliphatic rings. The van der Waals surface area contributed by atoms with Crippen molar-refractivity contribution in [1.29, 1.82) is 0 Å². The number of piperazine rings is 1. The lowest BCUT2D eigenvalue weighted by atomic mass is 10.1. The molecule has 3 saturated heterocycles. The Bertz CT molecular complexity index is 4060. The van der Waals surface area contributed by atoms with Crippen LogP contribution >= 0.6 is 0 Å². The van der Waals surface area contributed by atoms with E-state index in [0.29, 0.717) is 108 Å². The van der Waals surface area contributed by atoms with Gasteiger partial charge in [-0.1, -0.05) is 115 Å². The van der Waals surface area contributed by atoms with Gasteiger partial charge in [0.15, 0.2) is 0 Å². The van der Waals surface area contributed by atoms with Crippen molar-refractivity contribution < 1.29 is 46.5 Å². The Kier molecular flexibility index (Phi) is 27.7. The number of benzene rings is 6. The molecule has 17 nitrogen and oxygen atoms in total. The summed E-state index contributed by atoms with van der Waals surface area (Å²) in [7, 11) is 0. The number of aryl methyl sites for hydroxylation is 2. The second-order valence-electron chi connectivity index (χ2n) is 24.9. The Morgan fingerprint density at radius 2 is 0.830 bits per heavy atom. The SMILES string of the molecule is CCN1CCN(CCOc2ccc(-c3ccc(CC(=O)NCc4cccc(C)c4)nc3)c(F)c2)CC1.Cc1cccc(CNC(=O)Cc2ccc(-c3ccc(N4CCOCC4)cc3F)cn2)c1.O=C(Cc1ccc(-c2ccc(OCCN3CCOCC3)cc2F)cn1)NCc1ccccc1. The first kappa shape index (κ1) is 72.9. The maximum atomic E-state index is 14.8. The van der Waals surface area contributed by atoms with E-state index < -0.39 is 0 Å². The molecular weight excluding hydrogens is 1270 g/mol. The molecule has 100 heavy (non-hydrogen) atoms. The largest absolute Gasteiger partial charge is 0.492 e. The summed E-state index contributed by atoms with van der Waals surface area (Å²) < 4.78 is 66.4. The summed E-state index contributed by atoms with van der Waals surface area (Å²) in [5.74, 6) is -0.274. The molecule has 9 aromatic rings. The lowest BCUT2D eigenvalue weighted by molar-refractivity contribution is -0.121. The summed E-state index contributed by atoms with van der Waals surface area (Å²) in [4.78, 5) is 59.0. The highest BCUT2D eigenvalue weighted by molar-refractivity contribution is 5.80. The first-order valence-corrected chi connectivity index (χ1v) is 34.3. The second-order valence-corrected chi connectivity index (χ2v) is 24.9. The molecule has 6 aromatic carbocycles. The summed E-state index contributed by atoms with van der Waals surface area (Å²) in [5, 5.41) is 8.72. The molecule has 3 aliphatic heterocycles. The minimum Gasteiger partial charge on any atom is -0.492 e. The fraction of sp³-hybridized carbons (Fsp3) is 0.325. The van der Waals surface area contributed by atoms with Gasteiger partial charge in [-0.05, 0) is 97.7 Å². The number of halogens is 3. The molecular formula is C80H89F3N10O7. The van der Waals surface area contributed by atoms with Crippen LogP contribution in [0.15, 0.2) is 188 Å². The van der Waals surface area contributed by atoms with Crippen LogP contribution in [0.5, 0.6) is 11.5 Å². The van der Waals surface area contributed by atoms with Gasteiger partial charge < -0.3 is 44.7 Å². The molecule has 0 atom stereocenters. The van der Waals surface area contributed by atoms with E-state index >= 15 is 0 Å². The molecule has 0 radical (unpaired) electrons. The van der Waals surface area contributed by atoms with E-state index in [1.54, 1.807) is 85.3 Å². The number of rotatable bonds is 25. The summed E-state index contributed by atoms with van der Waals surface area (Å²) in [6.45, 7) is 21.8. The third-order valence-electron chi connectivity index (χ3n) is 17.5. The average Bonchev–Trinajstić information content (AvgIpc) is 0.832. The molecule has 20 heteroatoms. The second kappa shape index (κ2) is 37.9. The Hall–Kier alpha value is -9.83. The topological polar surface area (TPSA) is 176 Å². The Morgan fingerprint density at radius 3 is 1.24 bits per heavy atom. The molecule has 0 aliphatic carbocycles. The molecule has 6 heterocycles. The zero-order valence-electron chi connectivity index (χ0n) is 57.3. The van der Waals surface area contributed by atoms with Crippen molar-refractivity contribution in [1.82, 2.24) is 45.6 Å². The summed E-state index contributed by atoms with van der Waals surface area (Å²) in [6.07, 6.45) is 5.36. The molecule has 0 bridgehead atoms. The number of nitrogens with zero attached hydrogens (tertiary/aromatic N) is 7. The van der Waals surface area contributed by atoms with Gasteiger partial charge in [0.1, 0.15) is 42.2 Å². The summed E-state index contributed by atoms with van der Waals surface area (Å²) in [5.41, 5.74) is 11.7. The Labute approximate surface area is 584 Å². The fourth-order valence-corrected chi connectivity index (χ4v) is 11.7. The van der Waals surface area contributed by atoms with Gasteiger partial charge in [0, 0.05) is 172 Å². The molecule has 0 unspecified atom stereocenters. The molecule has 3 fully saturated rings. The van der Waals surface area contributed by atoms with Gasteiger partial charge in [0.05, 0.1) is 45.7 Å². The lowest BCUT2D eigenvalue weighted by Gasteiger charge is -2.33. The maximum absolute atomic E-state index is 14.8. The van der Waals surface area contributed by atoms with E-state index in [9.17, 15) is 27.6 Å². The first-order chi connectivity index (χ1) is 48.7. The number of morpholine rings is 2. The van der Waals surface area contributed by atoms with Crippen LogP contribution in [0.2, 0.25) is 0 Å². The standard InChI is InChI=1S/C29H35FN4O2.C26H28FN3O3.C25H26FN3O2/c1-3-33-11-13-34(14-12-33)15-16-36-26-9-10-27(28(30)19-26)24-7-8-25(31-21-24)18-29(35)32-20-23-6-4-5-22(2)17-23;27-25-17-23(33-15-12-30-10-13-32-14-11-30)8-9-24(25)21-6-7-22(28-19-21)16-26(31)29-18-20-4-2-1-3-5-20;1-18-3-2-4-19(13-18)16-28-25(30)14-21-6-5-20(17-27-21)23-8-7-22(15-24(23)26)29-9-11-31-12-10-29/h4-10,17,19,21H,3,11-16,18,20H2,1-2H3,(H,32,35);1-9,17,19H,10-16,18H2,(H,29,31);2-8,13,15,17H,9-12,14,16H2,1H3,(H,28,30). The molecule has 3 amide bonds. The van der Waals surface area contributed by atoms with Crippen LogP contribution in [0, 0.1) is 31.3 Å². The van der Waals surface area contributed by atoms with Gasteiger partial charge in [-0.25, -0.2) is 13.2 Å². The van der Waals surface area contributed by atoms with Gasteiger partial charge in [-0.3, -0.25) is 39.1 Å². The molecule has 3 aromatic heterocycles. The van der Waals surface area contributed by atoms with Crippen LogP contribution in [0.3, 0.4) is 0 Å². The van der Waals surface area contributed by atoms with Gasteiger partial charge in [0.2, 0.25) is 17.7 Å². The first-order valence-electron chi connectivity index (χ1n) is 34.3. The number of anilines is 1. The van der Waals surface area contributed by atoms with Crippen LogP contribution < -0.4 is 30.3 Å². The molecule has 522 valence electrons.